The van der Waals surface area contributed by atoms with Gasteiger partial charge in [0, 0.05) is 35.7 Å². The van der Waals surface area contributed by atoms with Gasteiger partial charge in [0.1, 0.15) is 23.7 Å². The van der Waals surface area contributed by atoms with Crippen LogP contribution >= 0.6 is 0 Å². The highest BCUT2D eigenvalue weighted by atomic mass is 19.3. The summed E-state index contributed by atoms with van der Waals surface area (Å²) in [7, 11) is 2.49. The van der Waals surface area contributed by atoms with Crippen LogP contribution in [-0.4, -0.2) is 92.6 Å². The van der Waals surface area contributed by atoms with Crippen LogP contribution in [0.25, 0.3) is 44.5 Å². The molecule has 3 aliphatic carbocycles. The summed E-state index contributed by atoms with van der Waals surface area (Å²) in [5, 5.41) is 14.6. The van der Waals surface area contributed by atoms with Crippen LogP contribution in [0.2, 0.25) is 0 Å². The van der Waals surface area contributed by atoms with Crippen LogP contribution in [-0.2, 0) is 25.0 Å². The number of alkyl halides is 2. The van der Waals surface area contributed by atoms with E-state index in [4.69, 9.17) is 19.4 Å². The fraction of sp³-hybridized carbons (Fsp3) is 0.449. The Bertz CT molecular complexity index is 2830. The van der Waals surface area contributed by atoms with Crippen molar-refractivity contribution in [2.24, 2.45) is 17.3 Å². The first kappa shape index (κ1) is 43.1. The molecule has 342 valence electrons. The maximum absolute atomic E-state index is 16.7. The number of nitrogens with one attached hydrogen (secondary N) is 4. The number of likely N-dealkylation sites (tertiary alicyclic amines) is 2. The number of ether oxygens (including phenoxy) is 2. The van der Waals surface area contributed by atoms with Crippen molar-refractivity contribution >= 4 is 35.0 Å². The summed E-state index contributed by atoms with van der Waals surface area (Å²) in [6.45, 7) is 4.28. The number of hydrogen-bond donors (Lipinski definition) is 4. The summed E-state index contributed by atoms with van der Waals surface area (Å²) in [5.41, 5.74) is 4.47. The third-order valence-corrected chi connectivity index (χ3v) is 14.6. The van der Waals surface area contributed by atoms with Gasteiger partial charge in [-0.1, -0.05) is 44.2 Å². The number of aromatic nitrogens is 4. The van der Waals surface area contributed by atoms with Crippen molar-refractivity contribution in [3.8, 4) is 39.6 Å². The molecule has 4 amide bonds. The highest BCUT2D eigenvalue weighted by Crippen LogP contribution is 2.59. The lowest BCUT2D eigenvalue weighted by Crippen LogP contribution is -2.51. The van der Waals surface area contributed by atoms with Crippen LogP contribution in [0.4, 0.5) is 18.4 Å². The number of nitriles is 1. The number of aromatic amines is 2. The average Bonchev–Trinajstić information content (AvgIpc) is 3.98. The molecule has 2 saturated carbocycles. The molecule has 2 bridgehead atoms. The number of H-pyrrole nitrogens is 2. The minimum Gasteiger partial charge on any atom is -0.453 e. The molecule has 1 spiro atoms. The molecule has 5 aliphatic rings. The second-order valence-corrected chi connectivity index (χ2v) is 19.0. The van der Waals surface area contributed by atoms with Gasteiger partial charge in [0.25, 0.3) is 5.92 Å². The largest absolute Gasteiger partial charge is 0.453 e. The fourth-order valence-electron chi connectivity index (χ4n) is 11.0. The molecule has 4 N–H and O–H groups in total. The molecular formula is C49H51F2N9O6. The molecule has 66 heavy (non-hydrogen) atoms. The van der Waals surface area contributed by atoms with E-state index in [1.54, 1.807) is 35.4 Å². The minimum atomic E-state index is -3.30. The Balaban J connectivity index is 0.892. The van der Waals surface area contributed by atoms with Gasteiger partial charge >= 0.3 is 12.2 Å². The molecule has 2 saturated heterocycles. The van der Waals surface area contributed by atoms with E-state index in [0.29, 0.717) is 69.2 Å². The normalized spacial score (nSPS) is 22.5. The number of alkyl carbamates (subject to hydrolysis) is 2. The van der Waals surface area contributed by atoms with Gasteiger partial charge in [-0.25, -0.2) is 19.6 Å². The molecule has 2 aliphatic heterocycles. The number of carbonyl (C=O) groups is 4. The lowest BCUT2D eigenvalue weighted by Gasteiger charge is -2.36. The number of fused-ring (bicyclic) bond motifs is 6. The molecule has 3 aromatic carbocycles. The van der Waals surface area contributed by atoms with E-state index in [0.717, 1.165) is 32.1 Å². The van der Waals surface area contributed by atoms with Crippen molar-refractivity contribution in [1.82, 2.24) is 40.4 Å². The summed E-state index contributed by atoms with van der Waals surface area (Å²) < 4.78 is 42.9. The van der Waals surface area contributed by atoms with Crippen LogP contribution in [0.15, 0.2) is 60.8 Å². The van der Waals surface area contributed by atoms with E-state index >= 15 is 8.78 Å². The van der Waals surface area contributed by atoms with Crippen LogP contribution < -0.4 is 10.6 Å². The van der Waals surface area contributed by atoms with Gasteiger partial charge in [-0.2, -0.15) is 14.0 Å². The maximum atomic E-state index is 16.7. The maximum Gasteiger partial charge on any atom is 0.407 e. The predicted molar refractivity (Wildman–Crippen MR) is 237 cm³/mol. The summed E-state index contributed by atoms with van der Waals surface area (Å²) >= 11 is 0. The highest BCUT2D eigenvalue weighted by molar-refractivity contribution is 5.89. The molecule has 15 nitrogen and oxygen atoms in total. The third kappa shape index (κ3) is 7.30. The number of hydrogen-bond acceptors (Lipinski definition) is 9. The monoisotopic (exact) mass is 899 g/mol. The molecule has 2 aromatic heterocycles. The van der Waals surface area contributed by atoms with Gasteiger partial charge in [-0.15, -0.1) is 0 Å². The zero-order valence-electron chi connectivity index (χ0n) is 37.1. The SMILES string of the molecule is COC(=O)NC(C(=O)N1CC2(CC2)C[C@H]1c1ncc(-c2ccc3c(c2)C(F)(F)c2cc(-c4ccc5nc([C@@H]6[C@H]7CC[C@H](C7)N6C(=O)[C@H](CCC#N)NC(=O)OC)[nH]c5c4)ccc2-3)[nH]1)C(C)C. The molecule has 4 heterocycles. The number of methoxy groups -OCH3 is 2. The first-order valence-electron chi connectivity index (χ1n) is 22.6. The molecule has 4 fully saturated rings. The minimum absolute atomic E-state index is 0.00300. The molecular weight excluding hydrogens is 849 g/mol. The standard InChI is InChI=1S/C49H51F2N9O6/c1-25(2)40(58-47(64)66-4)45(62)59-24-48(15-16-48)22-39(59)42-53-23-38(56-42)28-9-13-32-31-12-8-26(19-33(31)49(50,51)34(32)20-28)27-10-14-35-37(21-27)55-43(54-35)41-29-7-11-30(18-29)60(41)44(61)36(6-5-17-52)57-46(63)65-3/h8-10,12-14,19-21,23,25,29-30,36,39-41H,5-7,11,15-16,18,22,24H2,1-4H3,(H,53,56)(H,54,55)(H,57,63)(H,58,64)/t29-,30+,36-,39-,40?,41-/m0/s1. The van der Waals surface area contributed by atoms with E-state index in [2.05, 4.69) is 26.7 Å². The van der Waals surface area contributed by atoms with Crippen LogP contribution in [0, 0.1) is 28.6 Å². The fourth-order valence-corrected chi connectivity index (χ4v) is 11.0. The highest BCUT2D eigenvalue weighted by Gasteiger charge is 2.56. The predicted octanol–water partition coefficient (Wildman–Crippen LogP) is 8.26. The van der Waals surface area contributed by atoms with Gasteiger partial charge < -0.3 is 39.9 Å². The first-order chi connectivity index (χ1) is 31.7. The van der Waals surface area contributed by atoms with E-state index in [-0.39, 0.29) is 71.2 Å². The smallest absolute Gasteiger partial charge is 0.407 e. The van der Waals surface area contributed by atoms with Gasteiger partial charge in [0.05, 0.1) is 55.3 Å². The van der Waals surface area contributed by atoms with E-state index in [1.165, 1.54) is 20.3 Å². The third-order valence-electron chi connectivity index (χ3n) is 14.6. The Kier molecular flexibility index (Phi) is 10.6. The van der Waals surface area contributed by atoms with E-state index in [9.17, 15) is 24.4 Å². The van der Waals surface area contributed by atoms with Crippen molar-refractivity contribution in [2.75, 3.05) is 20.8 Å². The number of amides is 4. The number of piperidine rings is 1. The Morgan fingerprint density at radius 2 is 1.58 bits per heavy atom. The lowest BCUT2D eigenvalue weighted by molar-refractivity contribution is -0.138. The van der Waals surface area contributed by atoms with Crippen molar-refractivity contribution in [1.29, 1.82) is 5.26 Å². The zero-order valence-corrected chi connectivity index (χ0v) is 37.1. The van der Waals surface area contributed by atoms with Crippen molar-refractivity contribution in [3.05, 3.63) is 83.6 Å². The van der Waals surface area contributed by atoms with Crippen molar-refractivity contribution in [3.63, 3.8) is 0 Å². The molecule has 17 heteroatoms. The zero-order chi connectivity index (χ0) is 46.2. The number of nitrogens with zero attached hydrogens (tertiary/aromatic N) is 5. The Hall–Kier alpha value is -6.83. The molecule has 1 unspecified atom stereocenters. The number of halogens is 2. The van der Waals surface area contributed by atoms with Gasteiger partial charge in [-0.3, -0.25) is 9.59 Å². The van der Waals surface area contributed by atoms with Gasteiger partial charge in [-0.05, 0) is 109 Å². The molecule has 0 radical (unpaired) electrons. The lowest BCUT2D eigenvalue weighted by atomic mass is 9.97. The number of benzene rings is 3. The van der Waals surface area contributed by atoms with Crippen LogP contribution in [0.5, 0.6) is 0 Å². The second-order valence-electron chi connectivity index (χ2n) is 19.0. The number of rotatable bonds is 11. The average molecular weight is 900 g/mol. The van der Waals surface area contributed by atoms with Crippen molar-refractivity contribution in [2.45, 2.75) is 101 Å². The summed E-state index contributed by atoms with van der Waals surface area (Å²) in [6.07, 6.45) is 5.70. The molecule has 6 atom stereocenters. The number of carbonyl (C=O) groups excluding carboxylic acids is 4. The van der Waals surface area contributed by atoms with Gasteiger partial charge in [0.15, 0.2) is 0 Å². The summed E-state index contributed by atoms with van der Waals surface area (Å²) in [4.78, 5) is 72.3. The van der Waals surface area contributed by atoms with E-state index in [1.807, 2.05) is 43.0 Å². The number of imidazole rings is 2. The van der Waals surface area contributed by atoms with Gasteiger partial charge in [0.2, 0.25) is 11.8 Å². The van der Waals surface area contributed by atoms with Crippen LogP contribution in [0.3, 0.4) is 0 Å². The Morgan fingerprint density at radius 3 is 2.27 bits per heavy atom. The molecule has 10 rings (SSSR count). The molecule has 5 aromatic rings. The van der Waals surface area contributed by atoms with Crippen LogP contribution in [0.1, 0.15) is 100 Å². The Labute approximate surface area is 379 Å². The summed E-state index contributed by atoms with van der Waals surface area (Å²) in [5.74, 6) is -2.64. The quantitative estimate of drug-likeness (QED) is 0.101. The first-order valence-corrected chi connectivity index (χ1v) is 22.6. The summed E-state index contributed by atoms with van der Waals surface area (Å²) in [6, 6.07) is 15.4. The van der Waals surface area contributed by atoms with Crippen molar-refractivity contribution < 1.29 is 37.4 Å². The topological polar surface area (TPSA) is 198 Å². The van der Waals surface area contributed by atoms with E-state index < -0.39 is 30.2 Å². The Morgan fingerprint density at radius 1 is 0.894 bits per heavy atom. The second kappa shape index (κ2) is 16.2.